The van der Waals surface area contributed by atoms with Gasteiger partial charge in [-0.3, -0.25) is 4.79 Å². The number of nitrogens with zero attached hydrogens (tertiary/aromatic N) is 3. The second-order valence-corrected chi connectivity index (χ2v) is 6.85. The van der Waals surface area contributed by atoms with Crippen LogP contribution in [0.3, 0.4) is 0 Å². The first-order chi connectivity index (χ1) is 13.1. The van der Waals surface area contributed by atoms with Gasteiger partial charge in [0.2, 0.25) is 0 Å². The van der Waals surface area contributed by atoms with E-state index in [0.717, 1.165) is 4.90 Å². The van der Waals surface area contributed by atoms with Crippen LogP contribution in [-0.2, 0) is 0 Å². The second kappa shape index (κ2) is 8.52. The second-order valence-electron chi connectivity index (χ2n) is 5.71. The average molecular weight is 380 g/mol. The van der Waals surface area contributed by atoms with Crippen LogP contribution < -0.4 is 5.32 Å². The minimum absolute atomic E-state index is 0.293. The van der Waals surface area contributed by atoms with E-state index < -0.39 is 5.82 Å². The van der Waals surface area contributed by atoms with Gasteiger partial charge in [-0.05, 0) is 31.2 Å². The summed E-state index contributed by atoms with van der Waals surface area (Å²) in [5.41, 5.74) is 1.88. The van der Waals surface area contributed by atoms with E-state index in [1.54, 1.807) is 25.1 Å². The third-order valence-corrected chi connectivity index (χ3v) is 5.02. The van der Waals surface area contributed by atoms with Crippen molar-refractivity contribution < 1.29 is 9.18 Å². The Labute approximate surface area is 160 Å². The fraction of sp³-hybridized carbons (Fsp3) is 0.150. The number of halogens is 1. The fourth-order valence-corrected chi connectivity index (χ4v) is 3.45. The molecular formula is C20H17FN4OS. The molecule has 0 saturated heterocycles. The maximum Gasteiger partial charge on any atom is 0.259 e. The van der Waals surface area contributed by atoms with Crippen LogP contribution in [0, 0.1) is 24.1 Å². The molecule has 1 N–H and O–H groups in total. The van der Waals surface area contributed by atoms with Gasteiger partial charge in [0, 0.05) is 17.1 Å². The third kappa shape index (κ3) is 4.18. The summed E-state index contributed by atoms with van der Waals surface area (Å²) in [4.78, 5) is 13.6. The number of thioether (sulfide) groups is 1. The SMILES string of the molecule is Cc1c(C(=O)Nc2ccccc2SCCC#N)cnn1-c1ccccc1F. The van der Waals surface area contributed by atoms with Crippen LogP contribution in [0.5, 0.6) is 0 Å². The number of hydrogen-bond acceptors (Lipinski definition) is 4. The van der Waals surface area contributed by atoms with Crippen LogP contribution >= 0.6 is 11.8 Å². The molecule has 0 aliphatic heterocycles. The Morgan fingerprint density at radius 1 is 1.26 bits per heavy atom. The van der Waals surface area contributed by atoms with Crippen LogP contribution in [0.2, 0.25) is 0 Å². The molecular weight excluding hydrogens is 363 g/mol. The van der Waals surface area contributed by atoms with E-state index in [1.807, 2.05) is 24.3 Å². The smallest absolute Gasteiger partial charge is 0.259 e. The first-order valence-corrected chi connectivity index (χ1v) is 9.30. The lowest BCUT2D eigenvalue weighted by atomic mass is 10.2. The van der Waals surface area contributed by atoms with Crippen molar-refractivity contribution in [1.29, 1.82) is 5.26 Å². The summed E-state index contributed by atoms with van der Waals surface area (Å²) in [7, 11) is 0. The number of anilines is 1. The maximum atomic E-state index is 14.0. The fourth-order valence-electron chi connectivity index (χ4n) is 2.59. The molecule has 0 aliphatic rings. The molecule has 0 aliphatic carbocycles. The number of para-hydroxylation sites is 2. The molecule has 5 nitrogen and oxygen atoms in total. The summed E-state index contributed by atoms with van der Waals surface area (Å²) in [5, 5.41) is 15.7. The van der Waals surface area contributed by atoms with Gasteiger partial charge >= 0.3 is 0 Å². The van der Waals surface area contributed by atoms with Gasteiger partial charge in [0.15, 0.2) is 0 Å². The molecule has 1 aromatic heterocycles. The minimum Gasteiger partial charge on any atom is -0.321 e. The molecule has 1 amide bonds. The highest BCUT2D eigenvalue weighted by molar-refractivity contribution is 7.99. The molecule has 0 spiro atoms. The number of carbonyl (C=O) groups excluding carboxylic acids is 1. The van der Waals surface area contributed by atoms with Gasteiger partial charge in [-0.15, -0.1) is 11.8 Å². The molecule has 0 unspecified atom stereocenters. The van der Waals surface area contributed by atoms with Crippen LogP contribution in [0.1, 0.15) is 22.5 Å². The molecule has 3 aromatic rings. The normalized spacial score (nSPS) is 10.4. The molecule has 0 bridgehead atoms. The van der Waals surface area contributed by atoms with E-state index in [0.29, 0.717) is 34.8 Å². The van der Waals surface area contributed by atoms with Crippen molar-refractivity contribution in [2.45, 2.75) is 18.2 Å². The summed E-state index contributed by atoms with van der Waals surface area (Å²) in [5.74, 6) is -0.0773. The zero-order chi connectivity index (χ0) is 19.2. The van der Waals surface area contributed by atoms with Crippen molar-refractivity contribution in [2.75, 3.05) is 11.1 Å². The Balaban J connectivity index is 1.83. The van der Waals surface area contributed by atoms with Crippen LogP contribution in [0.15, 0.2) is 59.6 Å². The minimum atomic E-state index is -0.408. The summed E-state index contributed by atoms with van der Waals surface area (Å²) in [6, 6.07) is 15.8. The zero-order valence-electron chi connectivity index (χ0n) is 14.6. The van der Waals surface area contributed by atoms with E-state index in [1.165, 1.54) is 28.7 Å². The van der Waals surface area contributed by atoms with E-state index >= 15 is 0 Å². The van der Waals surface area contributed by atoms with E-state index in [2.05, 4.69) is 16.5 Å². The highest BCUT2D eigenvalue weighted by Gasteiger charge is 2.17. The zero-order valence-corrected chi connectivity index (χ0v) is 15.5. The van der Waals surface area contributed by atoms with Gasteiger partial charge in [-0.25, -0.2) is 9.07 Å². The quantitative estimate of drug-likeness (QED) is 0.502. The predicted octanol–water partition coefficient (Wildman–Crippen LogP) is 4.58. The molecule has 27 heavy (non-hydrogen) atoms. The number of rotatable bonds is 6. The molecule has 1 heterocycles. The lowest BCUT2D eigenvalue weighted by molar-refractivity contribution is 0.102. The molecule has 0 fully saturated rings. The standard InChI is InChI=1S/C20H17FN4OS/c1-14-15(13-23-25(14)18-9-4-2-7-16(18)21)20(26)24-17-8-3-5-10-19(17)27-12-6-11-22/h2-5,7-10,13H,6,12H2,1H3,(H,24,26). The number of carbonyl (C=O) groups is 1. The van der Waals surface area contributed by atoms with E-state index in [9.17, 15) is 9.18 Å². The van der Waals surface area contributed by atoms with Crippen molar-refractivity contribution in [3.8, 4) is 11.8 Å². The first-order valence-electron chi connectivity index (χ1n) is 8.31. The number of nitrogens with one attached hydrogen (secondary N) is 1. The number of benzene rings is 2. The van der Waals surface area contributed by atoms with Crippen LogP contribution in [0.4, 0.5) is 10.1 Å². The predicted molar refractivity (Wildman–Crippen MR) is 104 cm³/mol. The summed E-state index contributed by atoms with van der Waals surface area (Å²) >= 11 is 1.51. The largest absolute Gasteiger partial charge is 0.321 e. The van der Waals surface area contributed by atoms with Crippen molar-refractivity contribution in [2.24, 2.45) is 0 Å². The number of amides is 1. The van der Waals surface area contributed by atoms with Crippen LogP contribution in [-0.4, -0.2) is 21.4 Å². The Morgan fingerprint density at radius 2 is 2.00 bits per heavy atom. The average Bonchev–Trinajstić information content (AvgIpc) is 3.05. The Bertz CT molecular complexity index is 1010. The number of nitriles is 1. The summed E-state index contributed by atoms with van der Waals surface area (Å²) in [6.07, 6.45) is 1.87. The molecule has 3 rings (SSSR count). The summed E-state index contributed by atoms with van der Waals surface area (Å²) < 4.78 is 15.4. The van der Waals surface area contributed by atoms with Crippen molar-refractivity contribution in [3.05, 3.63) is 71.8 Å². The van der Waals surface area contributed by atoms with Gasteiger partial charge < -0.3 is 5.32 Å². The van der Waals surface area contributed by atoms with Gasteiger partial charge in [-0.2, -0.15) is 10.4 Å². The van der Waals surface area contributed by atoms with Gasteiger partial charge in [0.05, 0.1) is 29.2 Å². The molecule has 0 saturated carbocycles. The monoisotopic (exact) mass is 380 g/mol. The molecule has 0 atom stereocenters. The highest BCUT2D eigenvalue weighted by atomic mass is 32.2. The lowest BCUT2D eigenvalue weighted by Gasteiger charge is -2.10. The first kappa shape index (κ1) is 18.7. The van der Waals surface area contributed by atoms with E-state index in [4.69, 9.17) is 5.26 Å². The summed E-state index contributed by atoms with van der Waals surface area (Å²) in [6.45, 7) is 1.72. The van der Waals surface area contributed by atoms with Crippen molar-refractivity contribution in [3.63, 3.8) is 0 Å². The Morgan fingerprint density at radius 3 is 2.78 bits per heavy atom. The Kier molecular flexibility index (Phi) is 5.89. The third-order valence-electron chi connectivity index (χ3n) is 3.94. The maximum absolute atomic E-state index is 14.0. The number of hydrogen-bond donors (Lipinski definition) is 1. The highest BCUT2D eigenvalue weighted by Crippen LogP contribution is 2.28. The molecule has 136 valence electrons. The van der Waals surface area contributed by atoms with Crippen LogP contribution in [0.25, 0.3) is 5.69 Å². The van der Waals surface area contributed by atoms with Crippen molar-refractivity contribution in [1.82, 2.24) is 9.78 Å². The molecule has 2 aromatic carbocycles. The van der Waals surface area contributed by atoms with E-state index in [-0.39, 0.29) is 5.91 Å². The van der Waals surface area contributed by atoms with Gasteiger partial charge in [-0.1, -0.05) is 24.3 Å². The number of aromatic nitrogens is 2. The molecule has 0 radical (unpaired) electrons. The Hall–Kier alpha value is -3.11. The topological polar surface area (TPSA) is 70.7 Å². The van der Waals surface area contributed by atoms with Crippen molar-refractivity contribution >= 4 is 23.4 Å². The van der Waals surface area contributed by atoms with Gasteiger partial charge in [0.1, 0.15) is 11.5 Å². The molecule has 7 heteroatoms. The lowest BCUT2D eigenvalue weighted by Crippen LogP contribution is -2.14. The van der Waals surface area contributed by atoms with Gasteiger partial charge in [0.25, 0.3) is 5.91 Å².